The van der Waals surface area contributed by atoms with Crippen molar-refractivity contribution >= 4 is 23.4 Å². The van der Waals surface area contributed by atoms with Crippen LogP contribution in [0, 0.1) is 0 Å². The number of nitrogens with zero attached hydrogens (tertiary/aromatic N) is 5. The number of nitrogens with one attached hydrogen (secondary N) is 4. The van der Waals surface area contributed by atoms with E-state index in [-0.39, 0.29) is 0 Å². The van der Waals surface area contributed by atoms with Crippen molar-refractivity contribution in [3.8, 4) is 11.3 Å². The van der Waals surface area contributed by atoms with Gasteiger partial charge in [-0.05, 0) is 5.92 Å². The molecule has 1 aromatic carbocycles. The van der Waals surface area contributed by atoms with Crippen LogP contribution in [-0.4, -0.2) is 51.5 Å². The molecule has 0 aliphatic carbocycles. The summed E-state index contributed by atoms with van der Waals surface area (Å²) in [5.74, 6) is 3.85. The number of H-pyrrole nitrogens is 1. The molecule has 1 aliphatic heterocycles. The average molecular weight is 460 g/mol. The fourth-order valence-corrected chi connectivity index (χ4v) is 3.77. The maximum atomic E-state index is 5.52. The van der Waals surface area contributed by atoms with Crippen LogP contribution in [0.15, 0.2) is 53.1 Å². The van der Waals surface area contributed by atoms with Crippen LogP contribution in [-0.2, 0) is 6.54 Å². The maximum absolute atomic E-state index is 5.52. The number of rotatable bonds is 8. The molecule has 4 heterocycles. The van der Waals surface area contributed by atoms with E-state index in [0.29, 0.717) is 30.0 Å². The van der Waals surface area contributed by atoms with E-state index in [2.05, 4.69) is 55.0 Å². The first kappa shape index (κ1) is 21.9. The van der Waals surface area contributed by atoms with E-state index in [0.717, 1.165) is 54.8 Å². The van der Waals surface area contributed by atoms with Gasteiger partial charge in [0.15, 0.2) is 11.6 Å². The van der Waals surface area contributed by atoms with Gasteiger partial charge in [-0.25, -0.2) is 0 Å². The molecule has 5 rings (SSSR count). The zero-order chi connectivity index (χ0) is 23.3. The van der Waals surface area contributed by atoms with E-state index in [9.17, 15) is 0 Å². The lowest BCUT2D eigenvalue weighted by molar-refractivity contribution is 0.390. The van der Waals surface area contributed by atoms with Gasteiger partial charge in [0.25, 0.3) is 0 Å². The van der Waals surface area contributed by atoms with Crippen molar-refractivity contribution < 1.29 is 4.52 Å². The van der Waals surface area contributed by atoms with E-state index < -0.39 is 0 Å². The zero-order valence-electron chi connectivity index (χ0n) is 19.4. The number of benzene rings is 1. The van der Waals surface area contributed by atoms with Crippen LogP contribution >= 0.6 is 0 Å². The molecule has 3 aromatic heterocycles. The van der Waals surface area contributed by atoms with Crippen molar-refractivity contribution in [1.82, 2.24) is 30.6 Å². The summed E-state index contributed by atoms with van der Waals surface area (Å²) in [6, 6.07) is 15.8. The predicted molar refractivity (Wildman–Crippen MR) is 132 cm³/mol. The second kappa shape index (κ2) is 9.92. The van der Waals surface area contributed by atoms with E-state index >= 15 is 0 Å². The minimum absolute atomic E-state index is 0.366. The maximum Gasteiger partial charge on any atom is 0.227 e. The van der Waals surface area contributed by atoms with Crippen LogP contribution in [0.1, 0.15) is 31.2 Å². The smallest absolute Gasteiger partial charge is 0.227 e. The molecule has 0 amide bonds. The normalized spacial score (nSPS) is 13.9. The summed E-state index contributed by atoms with van der Waals surface area (Å²) >= 11 is 0. The minimum atomic E-state index is 0.366. The van der Waals surface area contributed by atoms with Crippen molar-refractivity contribution in [2.24, 2.45) is 0 Å². The van der Waals surface area contributed by atoms with Gasteiger partial charge in [0.2, 0.25) is 5.95 Å². The summed E-state index contributed by atoms with van der Waals surface area (Å²) in [4.78, 5) is 11.7. The first-order valence-corrected chi connectivity index (χ1v) is 11.6. The number of piperazine rings is 1. The monoisotopic (exact) mass is 459 g/mol. The SMILES string of the molecule is CC(C)c1cc(Nc2cc(N3CCNCC3)nc(NCc3cc(-c4ccccc4)no3)n2)n[nH]1. The van der Waals surface area contributed by atoms with Crippen LogP contribution in [0.4, 0.5) is 23.4 Å². The Bertz CT molecular complexity index is 1210. The second-order valence-corrected chi connectivity index (χ2v) is 8.56. The molecule has 176 valence electrons. The molecule has 1 saturated heterocycles. The number of aromatic nitrogens is 5. The van der Waals surface area contributed by atoms with Gasteiger partial charge >= 0.3 is 0 Å². The Kier molecular flexibility index (Phi) is 6.39. The van der Waals surface area contributed by atoms with Crippen molar-refractivity contribution in [1.29, 1.82) is 0 Å². The lowest BCUT2D eigenvalue weighted by atomic mass is 10.1. The molecule has 4 N–H and O–H groups in total. The molecule has 10 heteroatoms. The first-order chi connectivity index (χ1) is 16.6. The topological polar surface area (TPSA) is 120 Å². The summed E-state index contributed by atoms with van der Waals surface area (Å²) < 4.78 is 5.52. The highest BCUT2D eigenvalue weighted by Crippen LogP contribution is 2.24. The van der Waals surface area contributed by atoms with Gasteiger partial charge in [0, 0.05) is 55.6 Å². The Hall–Kier alpha value is -3.92. The van der Waals surface area contributed by atoms with Gasteiger partial charge in [0.1, 0.15) is 17.3 Å². The van der Waals surface area contributed by atoms with Gasteiger partial charge in [-0.15, -0.1) is 0 Å². The van der Waals surface area contributed by atoms with Crippen molar-refractivity contribution in [2.75, 3.05) is 41.7 Å². The Labute approximate surface area is 198 Å². The summed E-state index contributed by atoms with van der Waals surface area (Å²) in [6.45, 7) is 8.29. The molecule has 10 nitrogen and oxygen atoms in total. The Balaban J connectivity index is 1.34. The average Bonchev–Trinajstić information content (AvgIpc) is 3.54. The molecule has 0 unspecified atom stereocenters. The van der Waals surface area contributed by atoms with Gasteiger partial charge in [-0.3, -0.25) is 5.10 Å². The molecule has 1 aliphatic rings. The molecule has 0 radical (unpaired) electrons. The Morgan fingerprint density at radius 1 is 1.03 bits per heavy atom. The molecule has 1 fully saturated rings. The first-order valence-electron chi connectivity index (χ1n) is 11.6. The fourth-order valence-electron chi connectivity index (χ4n) is 3.77. The van der Waals surface area contributed by atoms with E-state index in [1.807, 2.05) is 48.5 Å². The number of hydrogen-bond donors (Lipinski definition) is 4. The molecule has 0 saturated carbocycles. The third-order valence-electron chi connectivity index (χ3n) is 5.68. The van der Waals surface area contributed by atoms with Crippen LogP contribution in [0.3, 0.4) is 0 Å². The minimum Gasteiger partial charge on any atom is -0.359 e. The lowest BCUT2D eigenvalue weighted by Gasteiger charge is -2.28. The van der Waals surface area contributed by atoms with Crippen LogP contribution in [0.5, 0.6) is 0 Å². The zero-order valence-corrected chi connectivity index (χ0v) is 19.4. The van der Waals surface area contributed by atoms with E-state index in [1.165, 1.54) is 0 Å². The summed E-state index contributed by atoms with van der Waals surface area (Å²) in [6.07, 6.45) is 0. The molecular weight excluding hydrogens is 430 g/mol. The number of aromatic amines is 1. The highest BCUT2D eigenvalue weighted by Gasteiger charge is 2.16. The van der Waals surface area contributed by atoms with Gasteiger partial charge < -0.3 is 25.4 Å². The van der Waals surface area contributed by atoms with Gasteiger partial charge in [-0.2, -0.15) is 15.1 Å². The number of anilines is 4. The van der Waals surface area contributed by atoms with Crippen molar-refractivity contribution in [3.63, 3.8) is 0 Å². The molecule has 4 aromatic rings. The predicted octanol–water partition coefficient (Wildman–Crippen LogP) is 3.74. The Morgan fingerprint density at radius 2 is 1.85 bits per heavy atom. The lowest BCUT2D eigenvalue weighted by Crippen LogP contribution is -2.44. The molecule has 0 atom stereocenters. The fraction of sp³-hybridized carbons (Fsp3) is 0.333. The highest BCUT2D eigenvalue weighted by atomic mass is 16.5. The summed E-state index contributed by atoms with van der Waals surface area (Å²) in [5.41, 5.74) is 2.88. The molecule has 0 bridgehead atoms. The van der Waals surface area contributed by atoms with Crippen LogP contribution in [0.2, 0.25) is 0 Å². The van der Waals surface area contributed by atoms with Gasteiger partial charge in [0.05, 0.1) is 6.54 Å². The summed E-state index contributed by atoms with van der Waals surface area (Å²) in [7, 11) is 0. The second-order valence-electron chi connectivity index (χ2n) is 8.56. The summed E-state index contributed by atoms with van der Waals surface area (Å²) in [5, 5.41) is 21.6. The third-order valence-corrected chi connectivity index (χ3v) is 5.68. The molecule has 0 spiro atoms. The standard InChI is InChI=1S/C24H29N9O/c1-16(2)19-13-22(31-30-19)27-21-14-23(33-10-8-25-9-11-33)29-24(28-21)26-15-18-12-20(32-34-18)17-6-4-3-5-7-17/h3-7,12-14,16,25H,8-11,15H2,1-2H3,(H3,26,27,28,29,30,31). The Morgan fingerprint density at radius 3 is 2.62 bits per heavy atom. The van der Waals surface area contributed by atoms with E-state index in [1.54, 1.807) is 0 Å². The number of hydrogen-bond acceptors (Lipinski definition) is 9. The van der Waals surface area contributed by atoms with Crippen LogP contribution in [0.25, 0.3) is 11.3 Å². The van der Waals surface area contributed by atoms with Crippen molar-refractivity contribution in [3.05, 3.63) is 60.0 Å². The molecular formula is C24H29N9O. The third kappa shape index (κ3) is 5.18. The highest BCUT2D eigenvalue weighted by molar-refractivity contribution is 5.60. The van der Waals surface area contributed by atoms with Gasteiger partial charge in [-0.1, -0.05) is 49.3 Å². The van der Waals surface area contributed by atoms with Crippen molar-refractivity contribution in [2.45, 2.75) is 26.3 Å². The largest absolute Gasteiger partial charge is 0.359 e. The quantitative estimate of drug-likeness (QED) is 0.312. The molecule has 34 heavy (non-hydrogen) atoms. The van der Waals surface area contributed by atoms with Crippen LogP contribution < -0.4 is 20.9 Å². The van der Waals surface area contributed by atoms with E-state index in [4.69, 9.17) is 9.51 Å².